The highest BCUT2D eigenvalue weighted by Gasteiger charge is 2.29. The largest absolute Gasteiger partial charge is 0.494 e. The van der Waals surface area contributed by atoms with Gasteiger partial charge in [-0.2, -0.15) is 18.3 Å². The summed E-state index contributed by atoms with van der Waals surface area (Å²) in [5.74, 6) is 1.31. The van der Waals surface area contributed by atoms with E-state index in [0.717, 1.165) is 17.7 Å². The highest BCUT2D eigenvalue weighted by atomic mass is 19.4. The minimum atomic E-state index is -4.35. The van der Waals surface area contributed by atoms with Crippen molar-refractivity contribution in [2.24, 2.45) is 5.10 Å². The first-order valence-corrected chi connectivity index (χ1v) is 7.80. The highest BCUT2D eigenvalue weighted by Crippen LogP contribution is 2.30. The van der Waals surface area contributed by atoms with Gasteiger partial charge >= 0.3 is 6.18 Å². The van der Waals surface area contributed by atoms with Crippen molar-refractivity contribution in [3.8, 4) is 11.5 Å². The van der Waals surface area contributed by atoms with E-state index in [1.54, 1.807) is 24.4 Å². The van der Waals surface area contributed by atoms with Crippen molar-refractivity contribution in [2.75, 3.05) is 18.6 Å². The van der Waals surface area contributed by atoms with Gasteiger partial charge in [-0.05, 0) is 50.2 Å². The number of halogens is 3. The van der Waals surface area contributed by atoms with Crippen LogP contribution >= 0.6 is 0 Å². The molecule has 0 aliphatic rings. The second-order valence-corrected chi connectivity index (χ2v) is 5.01. The highest BCUT2D eigenvalue weighted by molar-refractivity contribution is 5.84. The van der Waals surface area contributed by atoms with Crippen LogP contribution in [-0.2, 0) is 6.18 Å². The zero-order chi connectivity index (χ0) is 18.3. The third-order valence-corrected chi connectivity index (χ3v) is 3.21. The van der Waals surface area contributed by atoms with Crippen molar-refractivity contribution in [1.29, 1.82) is 0 Å². The molecule has 0 atom stereocenters. The van der Waals surface area contributed by atoms with E-state index in [1.807, 2.05) is 13.8 Å². The van der Waals surface area contributed by atoms with Crippen LogP contribution in [0, 0.1) is 0 Å². The van der Waals surface area contributed by atoms with E-state index in [4.69, 9.17) is 9.47 Å². The number of rotatable bonds is 7. The lowest BCUT2D eigenvalue weighted by Crippen LogP contribution is -2.04. The fourth-order valence-corrected chi connectivity index (χ4v) is 2.07. The van der Waals surface area contributed by atoms with Gasteiger partial charge in [0.2, 0.25) is 0 Å². The Kier molecular flexibility index (Phi) is 6.27. The zero-order valence-corrected chi connectivity index (χ0v) is 13.9. The first-order chi connectivity index (χ1) is 11.9. The second-order valence-electron chi connectivity index (χ2n) is 5.01. The van der Waals surface area contributed by atoms with Crippen LogP contribution in [0.5, 0.6) is 11.5 Å². The van der Waals surface area contributed by atoms with Crippen LogP contribution in [0.2, 0.25) is 0 Å². The Morgan fingerprint density at radius 1 is 1.00 bits per heavy atom. The van der Waals surface area contributed by atoms with Gasteiger partial charge < -0.3 is 9.47 Å². The molecule has 134 valence electrons. The first-order valence-electron chi connectivity index (χ1n) is 7.80. The molecule has 0 fully saturated rings. The molecule has 4 nitrogen and oxygen atoms in total. The summed E-state index contributed by atoms with van der Waals surface area (Å²) in [5.41, 5.74) is 3.17. The molecule has 0 bridgehead atoms. The average molecular weight is 352 g/mol. The van der Waals surface area contributed by atoms with Crippen molar-refractivity contribution >= 4 is 11.9 Å². The van der Waals surface area contributed by atoms with Gasteiger partial charge in [-0.15, -0.1) is 0 Å². The molecule has 0 saturated heterocycles. The summed E-state index contributed by atoms with van der Waals surface area (Å²) in [6.45, 7) is 4.80. The van der Waals surface area contributed by atoms with Crippen molar-refractivity contribution in [1.82, 2.24) is 0 Å². The van der Waals surface area contributed by atoms with Gasteiger partial charge in [0.15, 0.2) is 0 Å². The number of nitrogens with one attached hydrogen (secondary N) is 1. The fourth-order valence-electron chi connectivity index (χ4n) is 2.07. The van der Waals surface area contributed by atoms with E-state index in [0.29, 0.717) is 30.4 Å². The van der Waals surface area contributed by atoms with Gasteiger partial charge in [0.1, 0.15) is 11.5 Å². The van der Waals surface area contributed by atoms with Crippen molar-refractivity contribution in [3.05, 3.63) is 53.6 Å². The van der Waals surface area contributed by atoms with Crippen molar-refractivity contribution in [2.45, 2.75) is 20.0 Å². The second kappa shape index (κ2) is 8.41. The predicted molar refractivity (Wildman–Crippen MR) is 91.4 cm³/mol. The van der Waals surface area contributed by atoms with Gasteiger partial charge in [0.25, 0.3) is 0 Å². The lowest BCUT2D eigenvalue weighted by molar-refractivity contribution is -0.137. The third kappa shape index (κ3) is 5.41. The number of ether oxygens (including phenoxy) is 2. The standard InChI is InChI=1S/C18H19F3N2O2/c1-3-24-16-10-5-13(17(11-16)25-4-2)12-22-23-15-8-6-14(7-9-15)18(19,20)21/h5-12,23H,3-4H2,1-2H3. The monoisotopic (exact) mass is 352 g/mol. The van der Waals surface area contributed by atoms with Crippen LogP contribution in [0.25, 0.3) is 0 Å². The maximum absolute atomic E-state index is 12.5. The summed E-state index contributed by atoms with van der Waals surface area (Å²) < 4.78 is 48.6. The van der Waals surface area contributed by atoms with Gasteiger partial charge in [0, 0.05) is 11.6 Å². The Hall–Kier alpha value is -2.70. The Morgan fingerprint density at radius 2 is 1.68 bits per heavy atom. The van der Waals surface area contributed by atoms with Crippen LogP contribution in [0.1, 0.15) is 25.0 Å². The minimum Gasteiger partial charge on any atom is -0.494 e. The molecular formula is C18H19F3N2O2. The number of hydrogen-bond donors (Lipinski definition) is 1. The number of anilines is 1. The van der Waals surface area contributed by atoms with Crippen LogP contribution in [0.4, 0.5) is 18.9 Å². The van der Waals surface area contributed by atoms with E-state index in [9.17, 15) is 13.2 Å². The van der Waals surface area contributed by atoms with Crippen molar-refractivity contribution < 1.29 is 22.6 Å². The average Bonchev–Trinajstić information content (AvgIpc) is 2.57. The molecule has 0 spiro atoms. The summed E-state index contributed by atoms with van der Waals surface area (Å²) >= 11 is 0. The molecule has 0 aromatic heterocycles. The molecule has 0 aliphatic heterocycles. The fraction of sp³-hybridized carbons (Fsp3) is 0.278. The van der Waals surface area contributed by atoms with E-state index >= 15 is 0 Å². The summed E-state index contributed by atoms with van der Waals surface area (Å²) in [6.07, 6.45) is -2.81. The molecule has 0 radical (unpaired) electrons. The Balaban J connectivity index is 2.08. The zero-order valence-electron chi connectivity index (χ0n) is 13.9. The number of hydrazone groups is 1. The molecule has 2 aromatic rings. The van der Waals surface area contributed by atoms with E-state index in [2.05, 4.69) is 10.5 Å². The Labute approximate surface area is 144 Å². The molecule has 1 N–H and O–H groups in total. The number of benzene rings is 2. The lowest BCUT2D eigenvalue weighted by Gasteiger charge is -2.10. The lowest BCUT2D eigenvalue weighted by atomic mass is 10.2. The third-order valence-electron chi connectivity index (χ3n) is 3.21. The quantitative estimate of drug-likeness (QED) is 0.566. The normalized spacial score (nSPS) is 11.6. The van der Waals surface area contributed by atoms with Crippen molar-refractivity contribution in [3.63, 3.8) is 0 Å². The van der Waals surface area contributed by atoms with E-state index in [-0.39, 0.29) is 0 Å². The maximum atomic E-state index is 12.5. The summed E-state index contributed by atoms with van der Waals surface area (Å²) in [7, 11) is 0. The predicted octanol–water partition coefficient (Wildman–Crippen LogP) is 4.95. The molecule has 0 saturated carbocycles. The number of hydrogen-bond acceptors (Lipinski definition) is 4. The molecule has 0 aliphatic carbocycles. The van der Waals surface area contributed by atoms with Gasteiger partial charge in [-0.1, -0.05) is 0 Å². The van der Waals surface area contributed by atoms with Gasteiger partial charge in [0.05, 0.1) is 30.7 Å². The van der Waals surface area contributed by atoms with E-state index in [1.165, 1.54) is 12.1 Å². The topological polar surface area (TPSA) is 42.8 Å². The minimum absolute atomic E-state index is 0.452. The molecule has 25 heavy (non-hydrogen) atoms. The molecule has 2 rings (SSSR count). The molecule has 2 aromatic carbocycles. The molecule has 0 amide bonds. The number of nitrogens with zero attached hydrogens (tertiary/aromatic N) is 1. The SMILES string of the molecule is CCOc1ccc(C=NNc2ccc(C(F)(F)F)cc2)c(OCC)c1. The maximum Gasteiger partial charge on any atom is 0.416 e. The van der Waals surface area contributed by atoms with Gasteiger partial charge in [-0.25, -0.2) is 0 Å². The first kappa shape index (κ1) is 18.6. The molecule has 0 heterocycles. The van der Waals surface area contributed by atoms with Crippen LogP contribution < -0.4 is 14.9 Å². The van der Waals surface area contributed by atoms with Crippen LogP contribution in [-0.4, -0.2) is 19.4 Å². The van der Waals surface area contributed by atoms with Crippen LogP contribution in [0.3, 0.4) is 0 Å². The molecule has 0 unspecified atom stereocenters. The summed E-state index contributed by atoms with van der Waals surface area (Å²) in [5, 5.41) is 4.05. The summed E-state index contributed by atoms with van der Waals surface area (Å²) in [6, 6.07) is 10.0. The molecule has 7 heteroatoms. The summed E-state index contributed by atoms with van der Waals surface area (Å²) in [4.78, 5) is 0. The smallest absolute Gasteiger partial charge is 0.416 e. The molecular weight excluding hydrogens is 333 g/mol. The Morgan fingerprint density at radius 3 is 2.28 bits per heavy atom. The Bertz CT molecular complexity index is 713. The van der Waals surface area contributed by atoms with Crippen LogP contribution in [0.15, 0.2) is 47.6 Å². The number of alkyl halides is 3. The van der Waals surface area contributed by atoms with E-state index < -0.39 is 11.7 Å². The van der Waals surface area contributed by atoms with Gasteiger partial charge in [-0.3, -0.25) is 5.43 Å².